The van der Waals surface area contributed by atoms with E-state index in [0.29, 0.717) is 17.9 Å². The number of carboxylic acid groups (broad SMARTS) is 1. The summed E-state index contributed by atoms with van der Waals surface area (Å²) in [4.78, 5) is 12.6. The predicted octanol–water partition coefficient (Wildman–Crippen LogP) is 6.96. The van der Waals surface area contributed by atoms with Crippen molar-refractivity contribution in [2.24, 2.45) is 0 Å². The van der Waals surface area contributed by atoms with Crippen LogP contribution in [0.15, 0.2) is 66.7 Å². The smallest absolute Gasteiger partial charge is 0.329 e. The first-order chi connectivity index (χ1) is 16.4. The van der Waals surface area contributed by atoms with Crippen LogP contribution in [0.1, 0.15) is 47.9 Å². The van der Waals surface area contributed by atoms with Crippen molar-refractivity contribution in [1.29, 1.82) is 0 Å². The van der Waals surface area contributed by atoms with Gasteiger partial charge in [0.1, 0.15) is 11.3 Å². The number of aliphatic carboxylic acids is 1. The summed E-state index contributed by atoms with van der Waals surface area (Å²) in [7, 11) is 1.69. The molecule has 2 aliphatic rings. The maximum absolute atomic E-state index is 12.6. The fourth-order valence-corrected chi connectivity index (χ4v) is 5.97. The van der Waals surface area contributed by atoms with E-state index >= 15 is 0 Å². The van der Waals surface area contributed by atoms with Crippen LogP contribution in [0.2, 0.25) is 5.02 Å². The minimum Gasteiger partial charge on any atom is -0.496 e. The average molecular weight is 474 g/mol. The molecule has 0 atom stereocenters. The van der Waals surface area contributed by atoms with E-state index in [1.165, 1.54) is 22.3 Å². The van der Waals surface area contributed by atoms with Crippen molar-refractivity contribution in [3.63, 3.8) is 0 Å². The largest absolute Gasteiger partial charge is 0.496 e. The Morgan fingerprint density at radius 3 is 2.44 bits per heavy atom. The molecule has 2 N–H and O–H groups in total. The molecule has 1 spiro atoms. The first-order valence-electron chi connectivity index (χ1n) is 11.6. The highest BCUT2D eigenvalue weighted by molar-refractivity contribution is 6.30. The predicted molar refractivity (Wildman–Crippen MR) is 138 cm³/mol. The number of ether oxygens (including phenoxy) is 1. The summed E-state index contributed by atoms with van der Waals surface area (Å²) in [5.74, 6) is 0.0487. The number of carboxylic acids is 1. The lowest BCUT2D eigenvalue weighted by atomic mass is 9.61. The van der Waals surface area contributed by atoms with Crippen LogP contribution < -0.4 is 10.1 Å². The van der Waals surface area contributed by atoms with E-state index < -0.39 is 11.5 Å². The third kappa shape index (κ3) is 3.67. The number of allylic oxidation sites excluding steroid dienone is 1. The maximum Gasteiger partial charge on any atom is 0.329 e. The molecule has 0 bridgehead atoms. The van der Waals surface area contributed by atoms with Crippen LogP contribution >= 0.6 is 11.6 Å². The molecular formula is C29H28ClNO3. The van der Waals surface area contributed by atoms with Gasteiger partial charge in [0.2, 0.25) is 0 Å². The Balaban J connectivity index is 1.52. The molecule has 1 saturated carbocycles. The SMILES string of the molecule is COc1ccc(C2=Cc3ccccc3C23CCC(Nc2cccc(Cl)c2)(C(=O)O)CC3)cc1C. The standard InChI is InChI=1S/C29H28ClNO3/c1-19-16-21(10-11-26(19)34-2)25-17-20-6-3-4-9-24(20)28(25)12-14-29(15-13-28,27(32)33)31-23-8-5-7-22(30)18-23/h3-11,16-18,31H,12-15H2,1-2H3,(H,32,33). The lowest BCUT2D eigenvalue weighted by Crippen LogP contribution is -2.52. The summed E-state index contributed by atoms with van der Waals surface area (Å²) in [5.41, 5.74) is 5.52. The zero-order chi connectivity index (χ0) is 23.9. The van der Waals surface area contributed by atoms with Crippen molar-refractivity contribution in [3.05, 3.63) is 94.0 Å². The van der Waals surface area contributed by atoms with Gasteiger partial charge in [-0.3, -0.25) is 0 Å². The second-order valence-electron chi connectivity index (χ2n) is 9.43. The van der Waals surface area contributed by atoms with Gasteiger partial charge in [0.15, 0.2) is 0 Å². The van der Waals surface area contributed by atoms with E-state index in [2.05, 4.69) is 54.7 Å². The van der Waals surface area contributed by atoms with Crippen LogP contribution in [-0.2, 0) is 10.2 Å². The van der Waals surface area contributed by atoms with Crippen molar-refractivity contribution in [2.45, 2.75) is 43.6 Å². The number of aryl methyl sites for hydroxylation is 1. The van der Waals surface area contributed by atoms with Gasteiger partial charge >= 0.3 is 5.97 Å². The van der Waals surface area contributed by atoms with E-state index in [0.717, 1.165) is 29.8 Å². The number of rotatable bonds is 5. The molecule has 34 heavy (non-hydrogen) atoms. The molecule has 5 heteroatoms. The monoisotopic (exact) mass is 473 g/mol. The van der Waals surface area contributed by atoms with Crippen LogP contribution in [-0.4, -0.2) is 23.7 Å². The Morgan fingerprint density at radius 2 is 1.76 bits per heavy atom. The summed E-state index contributed by atoms with van der Waals surface area (Å²) < 4.78 is 5.48. The molecule has 0 aromatic heterocycles. The molecule has 2 aliphatic carbocycles. The minimum absolute atomic E-state index is 0.216. The van der Waals surface area contributed by atoms with Crippen LogP contribution in [0, 0.1) is 6.92 Å². The molecule has 0 radical (unpaired) electrons. The van der Waals surface area contributed by atoms with Crippen LogP contribution in [0.5, 0.6) is 5.75 Å². The highest BCUT2D eigenvalue weighted by Gasteiger charge is 2.51. The molecule has 3 aromatic carbocycles. The molecular weight excluding hydrogens is 446 g/mol. The maximum atomic E-state index is 12.6. The average Bonchev–Trinajstić information content (AvgIpc) is 3.15. The number of fused-ring (bicyclic) bond motifs is 2. The molecule has 1 fully saturated rings. The van der Waals surface area contributed by atoms with Crippen molar-refractivity contribution >= 4 is 34.9 Å². The lowest BCUT2D eigenvalue weighted by molar-refractivity contribution is -0.143. The Bertz CT molecular complexity index is 1290. The number of carbonyl (C=O) groups is 1. The number of nitrogens with one attached hydrogen (secondary N) is 1. The molecule has 0 saturated heterocycles. The fourth-order valence-electron chi connectivity index (χ4n) is 5.78. The van der Waals surface area contributed by atoms with Crippen molar-refractivity contribution in [2.75, 3.05) is 12.4 Å². The highest BCUT2D eigenvalue weighted by Crippen LogP contribution is 2.56. The molecule has 3 aromatic rings. The van der Waals surface area contributed by atoms with E-state index in [1.54, 1.807) is 19.2 Å². The Kier molecular flexibility index (Phi) is 5.65. The summed E-state index contributed by atoms with van der Waals surface area (Å²) in [5, 5.41) is 14.2. The number of methoxy groups -OCH3 is 1. The Morgan fingerprint density at radius 1 is 1.00 bits per heavy atom. The van der Waals surface area contributed by atoms with Gasteiger partial charge in [0.25, 0.3) is 0 Å². The molecule has 0 heterocycles. The van der Waals surface area contributed by atoms with E-state index in [9.17, 15) is 9.90 Å². The molecule has 0 amide bonds. The van der Waals surface area contributed by atoms with E-state index in [1.807, 2.05) is 18.2 Å². The Labute approximate surface area is 205 Å². The zero-order valence-electron chi connectivity index (χ0n) is 19.4. The number of benzene rings is 3. The van der Waals surface area contributed by atoms with Gasteiger partial charge in [-0.15, -0.1) is 0 Å². The fraction of sp³-hybridized carbons (Fsp3) is 0.276. The van der Waals surface area contributed by atoms with Gasteiger partial charge in [-0.25, -0.2) is 4.79 Å². The molecule has 5 rings (SSSR count). The molecule has 0 unspecified atom stereocenters. The quantitative estimate of drug-likeness (QED) is 0.420. The normalized spacial score (nSPS) is 23.3. The Hall–Kier alpha value is -3.24. The third-order valence-corrected chi connectivity index (χ3v) is 7.81. The van der Waals surface area contributed by atoms with Crippen molar-refractivity contribution in [3.8, 4) is 5.75 Å². The van der Waals surface area contributed by atoms with Crippen LogP contribution in [0.4, 0.5) is 5.69 Å². The molecule has 174 valence electrons. The topological polar surface area (TPSA) is 58.6 Å². The first kappa shape index (κ1) is 22.5. The van der Waals surface area contributed by atoms with Gasteiger partial charge in [-0.05, 0) is 96.8 Å². The minimum atomic E-state index is -1.03. The number of hydrogen-bond donors (Lipinski definition) is 2. The van der Waals surface area contributed by atoms with Crippen LogP contribution in [0.25, 0.3) is 11.6 Å². The van der Waals surface area contributed by atoms with Crippen molar-refractivity contribution < 1.29 is 14.6 Å². The number of halogens is 1. The van der Waals surface area contributed by atoms with Gasteiger partial charge in [0, 0.05) is 16.1 Å². The van der Waals surface area contributed by atoms with Gasteiger partial charge < -0.3 is 15.2 Å². The summed E-state index contributed by atoms with van der Waals surface area (Å²) >= 11 is 6.16. The second kappa shape index (κ2) is 8.52. The molecule has 4 nitrogen and oxygen atoms in total. The number of anilines is 1. The zero-order valence-corrected chi connectivity index (χ0v) is 20.2. The van der Waals surface area contributed by atoms with Crippen molar-refractivity contribution in [1.82, 2.24) is 0 Å². The van der Waals surface area contributed by atoms with E-state index in [4.69, 9.17) is 16.3 Å². The second-order valence-corrected chi connectivity index (χ2v) is 9.87. The first-order valence-corrected chi connectivity index (χ1v) is 12.0. The van der Waals surface area contributed by atoms with Gasteiger partial charge in [-0.1, -0.05) is 48.0 Å². The van der Waals surface area contributed by atoms with E-state index in [-0.39, 0.29) is 5.41 Å². The van der Waals surface area contributed by atoms with Crippen LogP contribution in [0.3, 0.4) is 0 Å². The summed E-state index contributed by atoms with van der Waals surface area (Å²) in [6, 6.07) is 22.1. The van der Waals surface area contributed by atoms with Gasteiger partial charge in [-0.2, -0.15) is 0 Å². The van der Waals surface area contributed by atoms with Gasteiger partial charge in [0.05, 0.1) is 7.11 Å². The lowest BCUT2D eigenvalue weighted by Gasteiger charge is -2.45. The number of hydrogen-bond acceptors (Lipinski definition) is 3. The summed E-state index contributed by atoms with van der Waals surface area (Å²) in [6.07, 6.45) is 4.78. The highest BCUT2D eigenvalue weighted by atomic mass is 35.5. The third-order valence-electron chi connectivity index (χ3n) is 7.57. The summed E-state index contributed by atoms with van der Waals surface area (Å²) in [6.45, 7) is 2.06. The molecule has 0 aliphatic heterocycles.